The Morgan fingerprint density at radius 1 is 0.909 bits per heavy atom. The van der Waals surface area contributed by atoms with Gasteiger partial charge in [0, 0.05) is 39.8 Å². The molecule has 8 heteroatoms. The maximum Gasteiger partial charge on any atom is 0.236 e. The fraction of sp³-hybridized carbons (Fsp3) is 0.480. The predicted octanol–water partition coefficient (Wildman–Crippen LogP) is 2.24. The highest BCUT2D eigenvalue weighted by Gasteiger charge is 2.29. The standard InChI is InChI=1S/C25H35N3O4S/c1-32-20-19-26(14-8-13-23-9-4-2-5-10-23)21-25(29)27-15-17-28(18-16-27)33(30,31)22-24-11-6-3-7-12-24/h2-7,9-12H,8,13-22H2,1H3. The number of carbonyl (C=O) groups is 1. The normalized spacial score (nSPS) is 15.2. The van der Waals surface area contributed by atoms with Crippen LogP contribution in [0.4, 0.5) is 0 Å². The third-order valence-corrected chi connectivity index (χ3v) is 7.78. The first-order valence-corrected chi connectivity index (χ1v) is 13.1. The van der Waals surface area contributed by atoms with E-state index < -0.39 is 10.0 Å². The molecule has 0 aromatic heterocycles. The molecule has 0 atom stereocenters. The van der Waals surface area contributed by atoms with E-state index in [4.69, 9.17) is 4.74 Å². The van der Waals surface area contributed by atoms with Crippen LogP contribution in [0.15, 0.2) is 60.7 Å². The Kier molecular flexibility index (Phi) is 9.87. The lowest BCUT2D eigenvalue weighted by Gasteiger charge is -2.35. The topological polar surface area (TPSA) is 70.2 Å². The van der Waals surface area contributed by atoms with Gasteiger partial charge in [-0.05, 0) is 30.5 Å². The van der Waals surface area contributed by atoms with Crippen molar-refractivity contribution in [2.24, 2.45) is 0 Å². The molecule has 0 spiro atoms. The van der Waals surface area contributed by atoms with Crippen molar-refractivity contribution in [3.8, 4) is 0 Å². The quantitative estimate of drug-likeness (QED) is 0.473. The summed E-state index contributed by atoms with van der Waals surface area (Å²) in [6.45, 7) is 3.95. The van der Waals surface area contributed by atoms with Gasteiger partial charge >= 0.3 is 0 Å². The molecule has 180 valence electrons. The molecule has 1 saturated heterocycles. The Morgan fingerprint density at radius 3 is 2.12 bits per heavy atom. The van der Waals surface area contributed by atoms with Crippen LogP contribution in [0.2, 0.25) is 0 Å². The first-order valence-electron chi connectivity index (χ1n) is 11.5. The monoisotopic (exact) mass is 473 g/mol. The number of piperazine rings is 1. The highest BCUT2D eigenvalue weighted by Crippen LogP contribution is 2.14. The average molecular weight is 474 g/mol. The second kappa shape index (κ2) is 12.8. The highest BCUT2D eigenvalue weighted by atomic mass is 32.2. The van der Waals surface area contributed by atoms with Gasteiger partial charge < -0.3 is 9.64 Å². The van der Waals surface area contributed by atoms with Crippen LogP contribution >= 0.6 is 0 Å². The van der Waals surface area contributed by atoms with E-state index in [0.29, 0.717) is 45.9 Å². The van der Waals surface area contributed by atoms with Crippen LogP contribution in [0.1, 0.15) is 17.5 Å². The molecule has 3 rings (SSSR count). The van der Waals surface area contributed by atoms with Gasteiger partial charge in [0.1, 0.15) is 0 Å². The molecule has 0 aliphatic carbocycles. The van der Waals surface area contributed by atoms with Crippen LogP contribution in [0.5, 0.6) is 0 Å². The molecule has 1 aliphatic rings. The van der Waals surface area contributed by atoms with E-state index in [2.05, 4.69) is 17.0 Å². The number of aryl methyl sites for hydroxylation is 1. The number of nitrogens with zero attached hydrogens (tertiary/aromatic N) is 3. The van der Waals surface area contributed by atoms with E-state index in [1.165, 1.54) is 9.87 Å². The Balaban J connectivity index is 1.47. The molecular weight excluding hydrogens is 438 g/mol. The first kappa shape index (κ1) is 25.4. The fourth-order valence-corrected chi connectivity index (χ4v) is 5.54. The zero-order valence-corrected chi connectivity index (χ0v) is 20.3. The molecule has 0 unspecified atom stereocenters. The molecule has 0 bridgehead atoms. The summed E-state index contributed by atoms with van der Waals surface area (Å²) in [5.74, 6) is 0.0412. The van der Waals surface area contributed by atoms with Crippen molar-refractivity contribution in [3.63, 3.8) is 0 Å². The fourth-order valence-electron chi connectivity index (χ4n) is 4.02. The third kappa shape index (κ3) is 8.23. The van der Waals surface area contributed by atoms with E-state index in [0.717, 1.165) is 24.9 Å². The molecule has 33 heavy (non-hydrogen) atoms. The number of ether oxygens (including phenoxy) is 1. The zero-order chi connectivity index (χ0) is 23.5. The minimum absolute atomic E-state index is 0.00596. The lowest BCUT2D eigenvalue weighted by Crippen LogP contribution is -2.53. The summed E-state index contributed by atoms with van der Waals surface area (Å²) in [6, 6.07) is 19.5. The van der Waals surface area contributed by atoms with Crippen LogP contribution in [0.3, 0.4) is 0 Å². The molecule has 1 aliphatic heterocycles. The van der Waals surface area contributed by atoms with Gasteiger partial charge in [0.15, 0.2) is 0 Å². The summed E-state index contributed by atoms with van der Waals surface area (Å²) in [5.41, 5.74) is 2.07. The summed E-state index contributed by atoms with van der Waals surface area (Å²) < 4.78 is 32.3. The van der Waals surface area contributed by atoms with E-state index in [1.54, 1.807) is 12.0 Å². The van der Waals surface area contributed by atoms with Crippen molar-refractivity contribution in [1.82, 2.24) is 14.1 Å². The zero-order valence-electron chi connectivity index (χ0n) is 19.4. The number of carbonyl (C=O) groups excluding carboxylic acids is 1. The first-order chi connectivity index (χ1) is 16.0. The van der Waals surface area contributed by atoms with Gasteiger partial charge in [0.2, 0.25) is 15.9 Å². The number of benzene rings is 2. The lowest BCUT2D eigenvalue weighted by molar-refractivity contribution is -0.133. The molecular formula is C25H35N3O4S. The van der Waals surface area contributed by atoms with Gasteiger partial charge in [-0.15, -0.1) is 0 Å². The molecule has 0 radical (unpaired) electrons. The van der Waals surface area contributed by atoms with Gasteiger partial charge in [0.05, 0.1) is 18.9 Å². The van der Waals surface area contributed by atoms with Crippen molar-refractivity contribution >= 4 is 15.9 Å². The molecule has 7 nitrogen and oxygen atoms in total. The number of hydrogen-bond acceptors (Lipinski definition) is 5. The van der Waals surface area contributed by atoms with Crippen LogP contribution in [-0.4, -0.2) is 88.0 Å². The van der Waals surface area contributed by atoms with Gasteiger partial charge in [-0.3, -0.25) is 9.69 Å². The summed E-state index contributed by atoms with van der Waals surface area (Å²) in [5, 5.41) is 0. The van der Waals surface area contributed by atoms with Gasteiger partial charge in [0.25, 0.3) is 0 Å². The van der Waals surface area contributed by atoms with E-state index in [-0.39, 0.29) is 11.7 Å². The predicted molar refractivity (Wildman–Crippen MR) is 130 cm³/mol. The minimum Gasteiger partial charge on any atom is -0.383 e. The summed E-state index contributed by atoms with van der Waals surface area (Å²) in [7, 11) is -1.72. The van der Waals surface area contributed by atoms with Crippen molar-refractivity contribution in [2.75, 3.05) is 59.5 Å². The average Bonchev–Trinajstić information content (AvgIpc) is 2.83. The van der Waals surface area contributed by atoms with Crippen molar-refractivity contribution in [3.05, 3.63) is 71.8 Å². The number of rotatable bonds is 12. The minimum atomic E-state index is -3.39. The van der Waals surface area contributed by atoms with Crippen LogP contribution in [-0.2, 0) is 31.7 Å². The summed E-state index contributed by atoms with van der Waals surface area (Å²) in [4.78, 5) is 16.8. The highest BCUT2D eigenvalue weighted by molar-refractivity contribution is 7.88. The van der Waals surface area contributed by atoms with Crippen LogP contribution in [0, 0.1) is 0 Å². The molecule has 2 aromatic carbocycles. The molecule has 0 N–H and O–H groups in total. The maximum absolute atomic E-state index is 12.9. The number of hydrogen-bond donors (Lipinski definition) is 0. The van der Waals surface area contributed by atoms with E-state index in [1.807, 2.05) is 48.5 Å². The largest absolute Gasteiger partial charge is 0.383 e. The SMILES string of the molecule is COCCN(CCCc1ccccc1)CC(=O)N1CCN(S(=O)(=O)Cc2ccccc2)CC1. The molecule has 0 saturated carbocycles. The number of methoxy groups -OCH3 is 1. The Labute approximate surface area is 198 Å². The smallest absolute Gasteiger partial charge is 0.236 e. The molecule has 1 amide bonds. The molecule has 1 fully saturated rings. The van der Waals surface area contributed by atoms with E-state index in [9.17, 15) is 13.2 Å². The van der Waals surface area contributed by atoms with Crippen molar-refractivity contribution in [1.29, 1.82) is 0 Å². The number of sulfonamides is 1. The van der Waals surface area contributed by atoms with Crippen molar-refractivity contribution in [2.45, 2.75) is 18.6 Å². The Bertz CT molecular complexity index is 946. The maximum atomic E-state index is 12.9. The second-order valence-electron chi connectivity index (χ2n) is 8.38. The van der Waals surface area contributed by atoms with Crippen LogP contribution < -0.4 is 0 Å². The van der Waals surface area contributed by atoms with Gasteiger partial charge in [-0.25, -0.2) is 8.42 Å². The van der Waals surface area contributed by atoms with Crippen molar-refractivity contribution < 1.29 is 17.9 Å². The summed E-state index contributed by atoms with van der Waals surface area (Å²) >= 11 is 0. The Morgan fingerprint density at radius 2 is 1.52 bits per heavy atom. The molecule has 2 aromatic rings. The Hall–Kier alpha value is -2.26. The third-order valence-electron chi connectivity index (χ3n) is 5.93. The van der Waals surface area contributed by atoms with E-state index >= 15 is 0 Å². The van der Waals surface area contributed by atoms with Crippen LogP contribution in [0.25, 0.3) is 0 Å². The van der Waals surface area contributed by atoms with Gasteiger partial charge in [-0.2, -0.15) is 4.31 Å². The summed E-state index contributed by atoms with van der Waals surface area (Å²) in [6.07, 6.45) is 1.93. The molecule has 1 heterocycles. The van der Waals surface area contributed by atoms with Gasteiger partial charge in [-0.1, -0.05) is 60.7 Å². The second-order valence-corrected chi connectivity index (χ2v) is 10.3. The number of amides is 1. The lowest BCUT2D eigenvalue weighted by atomic mass is 10.1.